The minimum atomic E-state index is 0.631. The molecule has 0 amide bonds. The Morgan fingerprint density at radius 1 is 1.00 bits per heavy atom. The Balaban J connectivity index is 2.63. The van der Waals surface area contributed by atoms with Crippen LogP contribution in [0.4, 0.5) is 0 Å². The SMILES string of the molecule is Cc1nc(C)c(Cl)c(-c2ccccc2)n1. The van der Waals surface area contributed by atoms with Gasteiger partial charge in [-0.1, -0.05) is 41.9 Å². The second-order valence-electron chi connectivity index (χ2n) is 3.38. The van der Waals surface area contributed by atoms with E-state index in [1.807, 2.05) is 44.2 Å². The van der Waals surface area contributed by atoms with E-state index in [1.165, 1.54) is 0 Å². The highest BCUT2D eigenvalue weighted by Gasteiger charge is 2.09. The first-order valence-electron chi connectivity index (χ1n) is 4.74. The molecular formula is C12H11ClN2. The number of benzene rings is 1. The maximum absolute atomic E-state index is 6.17. The first-order chi connectivity index (χ1) is 7.18. The van der Waals surface area contributed by atoms with Crippen LogP contribution in [0.5, 0.6) is 0 Å². The van der Waals surface area contributed by atoms with Gasteiger partial charge in [0.2, 0.25) is 0 Å². The number of aromatic nitrogens is 2. The fourth-order valence-electron chi connectivity index (χ4n) is 1.49. The molecule has 2 rings (SSSR count). The Bertz CT molecular complexity index is 480. The Hall–Kier alpha value is -1.41. The van der Waals surface area contributed by atoms with Crippen LogP contribution < -0.4 is 0 Å². The van der Waals surface area contributed by atoms with Crippen LogP contribution in [0.25, 0.3) is 11.3 Å². The first-order valence-corrected chi connectivity index (χ1v) is 5.12. The lowest BCUT2D eigenvalue weighted by Crippen LogP contribution is -1.96. The quantitative estimate of drug-likeness (QED) is 0.733. The predicted octanol–water partition coefficient (Wildman–Crippen LogP) is 3.41. The number of hydrogen-bond acceptors (Lipinski definition) is 2. The Morgan fingerprint density at radius 3 is 2.33 bits per heavy atom. The molecule has 0 saturated heterocycles. The smallest absolute Gasteiger partial charge is 0.126 e. The molecule has 0 radical (unpaired) electrons. The highest BCUT2D eigenvalue weighted by atomic mass is 35.5. The van der Waals surface area contributed by atoms with Gasteiger partial charge in [-0.25, -0.2) is 9.97 Å². The van der Waals surface area contributed by atoms with Crippen LogP contribution in [0.2, 0.25) is 5.02 Å². The van der Waals surface area contributed by atoms with Crippen LogP contribution in [0.1, 0.15) is 11.5 Å². The maximum atomic E-state index is 6.17. The predicted molar refractivity (Wildman–Crippen MR) is 62.0 cm³/mol. The van der Waals surface area contributed by atoms with Crippen molar-refractivity contribution in [1.82, 2.24) is 9.97 Å². The molecule has 1 aromatic heterocycles. The van der Waals surface area contributed by atoms with E-state index in [1.54, 1.807) is 0 Å². The van der Waals surface area contributed by atoms with Gasteiger partial charge in [0, 0.05) is 5.56 Å². The monoisotopic (exact) mass is 218 g/mol. The Labute approximate surface area is 94.0 Å². The van der Waals surface area contributed by atoms with Crippen molar-refractivity contribution in [2.24, 2.45) is 0 Å². The molecular weight excluding hydrogens is 208 g/mol. The molecule has 0 aliphatic rings. The van der Waals surface area contributed by atoms with Gasteiger partial charge in [-0.3, -0.25) is 0 Å². The van der Waals surface area contributed by atoms with Crippen LogP contribution in [0, 0.1) is 13.8 Å². The van der Waals surface area contributed by atoms with Crippen molar-refractivity contribution in [3.05, 3.63) is 46.9 Å². The molecule has 0 bridgehead atoms. The molecule has 0 spiro atoms. The molecule has 0 unspecified atom stereocenters. The van der Waals surface area contributed by atoms with Gasteiger partial charge < -0.3 is 0 Å². The van der Waals surface area contributed by atoms with Gasteiger partial charge in [0.25, 0.3) is 0 Å². The normalized spacial score (nSPS) is 10.3. The molecule has 76 valence electrons. The maximum Gasteiger partial charge on any atom is 0.126 e. The molecule has 1 heterocycles. The van der Waals surface area contributed by atoms with Gasteiger partial charge in [-0.05, 0) is 13.8 Å². The summed E-state index contributed by atoms with van der Waals surface area (Å²) in [6.45, 7) is 3.76. The van der Waals surface area contributed by atoms with Crippen molar-refractivity contribution >= 4 is 11.6 Å². The molecule has 3 heteroatoms. The summed E-state index contributed by atoms with van der Waals surface area (Å²) >= 11 is 6.17. The molecule has 2 aromatic rings. The number of nitrogens with zero attached hydrogens (tertiary/aromatic N) is 2. The fraction of sp³-hybridized carbons (Fsp3) is 0.167. The minimum Gasteiger partial charge on any atom is -0.237 e. The van der Waals surface area contributed by atoms with E-state index >= 15 is 0 Å². The third kappa shape index (κ3) is 2.00. The lowest BCUT2D eigenvalue weighted by molar-refractivity contribution is 1.02. The number of aryl methyl sites for hydroxylation is 2. The van der Waals surface area contributed by atoms with E-state index in [-0.39, 0.29) is 0 Å². The highest BCUT2D eigenvalue weighted by molar-refractivity contribution is 6.33. The van der Waals surface area contributed by atoms with Crippen molar-refractivity contribution in [2.45, 2.75) is 13.8 Å². The van der Waals surface area contributed by atoms with Crippen LogP contribution in [0.3, 0.4) is 0 Å². The molecule has 0 fully saturated rings. The summed E-state index contributed by atoms with van der Waals surface area (Å²) in [5, 5.41) is 0.631. The zero-order chi connectivity index (χ0) is 10.8. The average Bonchev–Trinajstić information content (AvgIpc) is 2.24. The topological polar surface area (TPSA) is 25.8 Å². The first kappa shape index (κ1) is 10.1. The molecule has 15 heavy (non-hydrogen) atoms. The summed E-state index contributed by atoms with van der Waals surface area (Å²) in [6.07, 6.45) is 0. The van der Waals surface area contributed by atoms with Crippen molar-refractivity contribution < 1.29 is 0 Å². The molecule has 0 aliphatic carbocycles. The largest absolute Gasteiger partial charge is 0.237 e. The standard InChI is InChI=1S/C12H11ClN2/c1-8-11(13)12(15-9(2)14-8)10-6-4-3-5-7-10/h3-7H,1-2H3. The summed E-state index contributed by atoms with van der Waals surface area (Å²) in [4.78, 5) is 8.58. The van der Waals surface area contributed by atoms with E-state index < -0.39 is 0 Å². The van der Waals surface area contributed by atoms with Crippen molar-refractivity contribution in [2.75, 3.05) is 0 Å². The van der Waals surface area contributed by atoms with Gasteiger partial charge >= 0.3 is 0 Å². The van der Waals surface area contributed by atoms with E-state index in [4.69, 9.17) is 11.6 Å². The van der Waals surface area contributed by atoms with Crippen molar-refractivity contribution in [3.63, 3.8) is 0 Å². The van der Waals surface area contributed by atoms with Crippen LogP contribution in [0.15, 0.2) is 30.3 Å². The lowest BCUT2D eigenvalue weighted by atomic mass is 10.1. The van der Waals surface area contributed by atoms with E-state index in [9.17, 15) is 0 Å². The second kappa shape index (κ2) is 3.99. The number of halogens is 1. The summed E-state index contributed by atoms with van der Waals surface area (Å²) < 4.78 is 0. The van der Waals surface area contributed by atoms with Crippen LogP contribution >= 0.6 is 11.6 Å². The summed E-state index contributed by atoms with van der Waals surface area (Å²) in [7, 11) is 0. The van der Waals surface area contributed by atoms with Gasteiger partial charge in [-0.15, -0.1) is 0 Å². The summed E-state index contributed by atoms with van der Waals surface area (Å²) in [5.74, 6) is 0.746. The van der Waals surface area contributed by atoms with E-state index in [0.717, 1.165) is 22.8 Å². The van der Waals surface area contributed by atoms with Crippen molar-refractivity contribution in [3.8, 4) is 11.3 Å². The molecule has 0 atom stereocenters. The second-order valence-corrected chi connectivity index (χ2v) is 3.76. The Morgan fingerprint density at radius 2 is 1.67 bits per heavy atom. The third-order valence-electron chi connectivity index (χ3n) is 2.18. The van der Waals surface area contributed by atoms with E-state index in [0.29, 0.717) is 5.02 Å². The lowest BCUT2D eigenvalue weighted by Gasteiger charge is -2.06. The number of hydrogen-bond donors (Lipinski definition) is 0. The highest BCUT2D eigenvalue weighted by Crippen LogP contribution is 2.27. The third-order valence-corrected chi connectivity index (χ3v) is 2.63. The summed E-state index contributed by atoms with van der Waals surface area (Å²) in [5.41, 5.74) is 2.65. The van der Waals surface area contributed by atoms with Crippen LogP contribution in [-0.2, 0) is 0 Å². The van der Waals surface area contributed by atoms with Gasteiger partial charge in [0.05, 0.1) is 16.4 Å². The zero-order valence-electron chi connectivity index (χ0n) is 8.66. The molecule has 0 N–H and O–H groups in total. The zero-order valence-corrected chi connectivity index (χ0v) is 9.42. The average molecular weight is 219 g/mol. The van der Waals surface area contributed by atoms with Crippen molar-refractivity contribution in [1.29, 1.82) is 0 Å². The Kier molecular flexibility index (Phi) is 2.69. The van der Waals surface area contributed by atoms with Gasteiger partial charge in [0.15, 0.2) is 0 Å². The van der Waals surface area contributed by atoms with Gasteiger partial charge in [-0.2, -0.15) is 0 Å². The fourth-order valence-corrected chi connectivity index (χ4v) is 1.68. The van der Waals surface area contributed by atoms with E-state index in [2.05, 4.69) is 9.97 Å². The number of rotatable bonds is 1. The molecule has 0 saturated carbocycles. The molecule has 0 aliphatic heterocycles. The van der Waals surface area contributed by atoms with Crippen LogP contribution in [-0.4, -0.2) is 9.97 Å². The minimum absolute atomic E-state index is 0.631. The summed E-state index contributed by atoms with van der Waals surface area (Å²) in [6, 6.07) is 9.90. The molecule has 1 aromatic carbocycles. The molecule has 2 nitrogen and oxygen atoms in total. The van der Waals surface area contributed by atoms with Gasteiger partial charge in [0.1, 0.15) is 5.82 Å².